The van der Waals surface area contributed by atoms with Crippen LogP contribution < -0.4 is 5.32 Å². The molecule has 3 rings (SSSR count). The second-order valence-corrected chi connectivity index (χ2v) is 4.42. The highest BCUT2D eigenvalue weighted by atomic mass is 15.0. The summed E-state index contributed by atoms with van der Waals surface area (Å²) in [6.45, 7) is 0.820. The minimum Gasteiger partial charge on any atom is -0.340 e. The van der Waals surface area contributed by atoms with Crippen LogP contribution in [0.4, 0.5) is 0 Å². The van der Waals surface area contributed by atoms with Crippen molar-refractivity contribution >= 4 is 11.2 Å². The molecule has 0 radical (unpaired) electrons. The number of aromatic amines is 1. The van der Waals surface area contributed by atoms with Crippen LogP contribution in [0.3, 0.4) is 0 Å². The summed E-state index contributed by atoms with van der Waals surface area (Å²) in [6, 6.07) is 4.62. The van der Waals surface area contributed by atoms with Gasteiger partial charge in [-0.2, -0.15) is 0 Å². The zero-order valence-electron chi connectivity index (χ0n) is 9.24. The number of imidazole rings is 1. The van der Waals surface area contributed by atoms with E-state index < -0.39 is 0 Å². The maximum Gasteiger partial charge on any atom is 0.177 e. The lowest BCUT2D eigenvalue weighted by molar-refractivity contribution is 0.516. The van der Waals surface area contributed by atoms with Crippen LogP contribution in [-0.2, 0) is 6.54 Å². The van der Waals surface area contributed by atoms with Gasteiger partial charge in [0.25, 0.3) is 0 Å². The molecule has 2 aromatic rings. The predicted octanol–water partition coefficient (Wildman–Crippen LogP) is 1.99. The molecule has 0 amide bonds. The van der Waals surface area contributed by atoms with Crippen molar-refractivity contribution in [2.45, 2.75) is 38.3 Å². The Kier molecular flexibility index (Phi) is 2.58. The van der Waals surface area contributed by atoms with Gasteiger partial charge < -0.3 is 10.3 Å². The number of nitrogens with one attached hydrogen (secondary N) is 2. The van der Waals surface area contributed by atoms with E-state index >= 15 is 0 Å². The highest BCUT2D eigenvalue weighted by Crippen LogP contribution is 2.18. The fourth-order valence-corrected chi connectivity index (χ4v) is 2.35. The molecule has 2 aromatic heterocycles. The van der Waals surface area contributed by atoms with Gasteiger partial charge >= 0.3 is 0 Å². The number of pyridine rings is 1. The van der Waals surface area contributed by atoms with Crippen LogP contribution in [0.2, 0.25) is 0 Å². The normalized spacial score (nSPS) is 17.2. The van der Waals surface area contributed by atoms with Gasteiger partial charge in [-0.25, -0.2) is 9.97 Å². The summed E-state index contributed by atoms with van der Waals surface area (Å²) in [5.74, 6) is 0.987. The van der Waals surface area contributed by atoms with Crippen molar-refractivity contribution in [2.75, 3.05) is 0 Å². The molecule has 1 aliphatic carbocycles. The first kappa shape index (κ1) is 9.78. The quantitative estimate of drug-likeness (QED) is 0.825. The molecule has 4 heteroatoms. The Labute approximate surface area is 94.5 Å². The first-order chi connectivity index (χ1) is 7.92. The van der Waals surface area contributed by atoms with E-state index in [0.717, 1.165) is 23.5 Å². The van der Waals surface area contributed by atoms with E-state index in [1.165, 1.54) is 25.7 Å². The van der Waals surface area contributed by atoms with Crippen LogP contribution in [0.25, 0.3) is 11.2 Å². The van der Waals surface area contributed by atoms with Gasteiger partial charge in [0.05, 0.1) is 12.1 Å². The van der Waals surface area contributed by atoms with Gasteiger partial charge in [0.15, 0.2) is 5.65 Å². The van der Waals surface area contributed by atoms with Crippen LogP contribution in [-0.4, -0.2) is 21.0 Å². The Morgan fingerprint density at radius 1 is 1.38 bits per heavy atom. The molecule has 1 fully saturated rings. The second-order valence-electron chi connectivity index (χ2n) is 4.42. The van der Waals surface area contributed by atoms with Crippen LogP contribution in [0.15, 0.2) is 18.3 Å². The van der Waals surface area contributed by atoms with Gasteiger partial charge in [-0.1, -0.05) is 12.8 Å². The number of rotatable bonds is 3. The molecule has 0 aromatic carbocycles. The molecule has 0 bridgehead atoms. The van der Waals surface area contributed by atoms with Crippen molar-refractivity contribution in [3.63, 3.8) is 0 Å². The largest absolute Gasteiger partial charge is 0.340 e. The molecule has 0 saturated heterocycles. The molecule has 2 heterocycles. The molecule has 0 aliphatic heterocycles. The van der Waals surface area contributed by atoms with E-state index in [-0.39, 0.29) is 0 Å². The number of fused-ring (bicyclic) bond motifs is 1. The molecule has 1 saturated carbocycles. The molecule has 2 N–H and O–H groups in total. The Balaban J connectivity index is 1.69. The lowest BCUT2D eigenvalue weighted by Gasteiger charge is -2.09. The number of H-pyrrole nitrogens is 1. The highest BCUT2D eigenvalue weighted by molar-refractivity contribution is 5.69. The second kappa shape index (κ2) is 4.22. The van der Waals surface area contributed by atoms with Gasteiger partial charge in [0.1, 0.15) is 5.82 Å². The average molecular weight is 216 g/mol. The van der Waals surface area contributed by atoms with E-state index in [0.29, 0.717) is 6.04 Å². The third-order valence-corrected chi connectivity index (χ3v) is 3.22. The predicted molar refractivity (Wildman–Crippen MR) is 63.0 cm³/mol. The standard InChI is InChI=1S/C12H16N4/c1-2-5-9(4-1)14-8-11-15-10-6-3-7-13-12(10)16-11/h3,6-7,9,14H,1-2,4-5,8H2,(H,13,15,16). The summed E-state index contributed by atoms with van der Waals surface area (Å²) in [5, 5.41) is 3.54. The molecule has 0 unspecified atom stereocenters. The van der Waals surface area contributed by atoms with E-state index in [4.69, 9.17) is 0 Å². The van der Waals surface area contributed by atoms with Crippen molar-refractivity contribution in [3.8, 4) is 0 Å². The molecule has 0 spiro atoms. The van der Waals surface area contributed by atoms with Crippen LogP contribution in [0, 0.1) is 0 Å². The summed E-state index contributed by atoms with van der Waals surface area (Å²) >= 11 is 0. The summed E-state index contributed by atoms with van der Waals surface area (Å²) in [7, 11) is 0. The lowest BCUT2D eigenvalue weighted by Crippen LogP contribution is -2.25. The fourth-order valence-electron chi connectivity index (χ4n) is 2.35. The number of hydrogen-bond donors (Lipinski definition) is 2. The first-order valence-electron chi connectivity index (χ1n) is 5.95. The van der Waals surface area contributed by atoms with Gasteiger partial charge in [-0.15, -0.1) is 0 Å². The maximum atomic E-state index is 4.44. The Morgan fingerprint density at radius 2 is 2.25 bits per heavy atom. The molecule has 4 nitrogen and oxygen atoms in total. The highest BCUT2D eigenvalue weighted by Gasteiger charge is 2.14. The lowest BCUT2D eigenvalue weighted by atomic mass is 10.2. The molecule has 84 valence electrons. The average Bonchev–Trinajstić information content (AvgIpc) is 2.95. The van der Waals surface area contributed by atoms with Crippen molar-refractivity contribution in [1.82, 2.24) is 20.3 Å². The maximum absolute atomic E-state index is 4.44. The van der Waals surface area contributed by atoms with Crippen molar-refractivity contribution in [3.05, 3.63) is 24.2 Å². The zero-order valence-corrected chi connectivity index (χ0v) is 9.24. The minimum atomic E-state index is 0.682. The van der Waals surface area contributed by atoms with Crippen LogP contribution in [0.5, 0.6) is 0 Å². The zero-order chi connectivity index (χ0) is 10.8. The molecular weight excluding hydrogens is 200 g/mol. The van der Waals surface area contributed by atoms with Crippen LogP contribution >= 0.6 is 0 Å². The molecular formula is C12H16N4. The van der Waals surface area contributed by atoms with E-state index in [1.54, 1.807) is 6.20 Å². The van der Waals surface area contributed by atoms with Gasteiger partial charge in [-0.05, 0) is 25.0 Å². The van der Waals surface area contributed by atoms with Crippen molar-refractivity contribution in [2.24, 2.45) is 0 Å². The fraction of sp³-hybridized carbons (Fsp3) is 0.500. The minimum absolute atomic E-state index is 0.682. The first-order valence-corrected chi connectivity index (χ1v) is 5.95. The number of hydrogen-bond acceptors (Lipinski definition) is 3. The van der Waals surface area contributed by atoms with Crippen LogP contribution in [0.1, 0.15) is 31.5 Å². The van der Waals surface area contributed by atoms with E-state index in [1.807, 2.05) is 12.1 Å². The summed E-state index contributed by atoms with van der Waals surface area (Å²) in [4.78, 5) is 11.9. The Hall–Kier alpha value is -1.42. The SMILES string of the molecule is c1cnc2nc(CNC3CCCC3)[nH]c2c1. The molecule has 1 aliphatic rings. The van der Waals surface area contributed by atoms with E-state index in [2.05, 4.69) is 20.3 Å². The van der Waals surface area contributed by atoms with Gasteiger partial charge in [0.2, 0.25) is 0 Å². The number of aromatic nitrogens is 3. The summed E-state index contributed by atoms with van der Waals surface area (Å²) in [6.07, 6.45) is 7.10. The Morgan fingerprint density at radius 3 is 3.06 bits per heavy atom. The number of nitrogens with zero attached hydrogens (tertiary/aromatic N) is 2. The topological polar surface area (TPSA) is 53.6 Å². The molecule has 16 heavy (non-hydrogen) atoms. The third kappa shape index (κ3) is 1.93. The van der Waals surface area contributed by atoms with Gasteiger partial charge in [0, 0.05) is 12.2 Å². The summed E-state index contributed by atoms with van der Waals surface area (Å²) < 4.78 is 0. The smallest absolute Gasteiger partial charge is 0.177 e. The molecule has 0 atom stereocenters. The monoisotopic (exact) mass is 216 g/mol. The van der Waals surface area contributed by atoms with Crippen molar-refractivity contribution < 1.29 is 0 Å². The Bertz CT molecular complexity index is 438. The van der Waals surface area contributed by atoms with Crippen molar-refractivity contribution in [1.29, 1.82) is 0 Å². The van der Waals surface area contributed by atoms with Gasteiger partial charge in [-0.3, -0.25) is 0 Å². The third-order valence-electron chi connectivity index (χ3n) is 3.22. The summed E-state index contributed by atoms with van der Waals surface area (Å²) in [5.41, 5.74) is 1.83. The van der Waals surface area contributed by atoms with E-state index in [9.17, 15) is 0 Å².